The number of ether oxygens (including phenoxy) is 1. The predicted octanol–water partition coefficient (Wildman–Crippen LogP) is 1.62. The zero-order valence-electron chi connectivity index (χ0n) is 14.4. The van der Waals surface area contributed by atoms with Crippen LogP contribution in [0.2, 0.25) is 0 Å². The van der Waals surface area contributed by atoms with E-state index in [4.69, 9.17) is 4.74 Å². The van der Waals surface area contributed by atoms with E-state index in [1.54, 1.807) is 4.90 Å². The maximum Gasteiger partial charge on any atom is 0.410 e. The van der Waals surface area contributed by atoms with Gasteiger partial charge in [0.05, 0.1) is 18.1 Å². The SMILES string of the molecule is CC(C)(C)OC(=O)N1CC[C@@H]2C[C@@H](C(=O)N3CCCC3)[C@@]21CO. The molecule has 130 valence electrons. The lowest BCUT2D eigenvalue weighted by Crippen LogP contribution is -2.68. The summed E-state index contributed by atoms with van der Waals surface area (Å²) in [5.41, 5.74) is -1.33. The molecule has 1 saturated carbocycles. The minimum Gasteiger partial charge on any atom is -0.444 e. The topological polar surface area (TPSA) is 70.1 Å². The van der Waals surface area contributed by atoms with Crippen LogP contribution < -0.4 is 0 Å². The van der Waals surface area contributed by atoms with Gasteiger partial charge in [-0.05, 0) is 52.4 Å². The molecule has 2 saturated heterocycles. The molecule has 6 heteroatoms. The number of hydrogen-bond acceptors (Lipinski definition) is 4. The van der Waals surface area contributed by atoms with E-state index in [2.05, 4.69) is 0 Å². The molecule has 0 spiro atoms. The van der Waals surface area contributed by atoms with Crippen molar-refractivity contribution in [3.63, 3.8) is 0 Å². The fourth-order valence-electron chi connectivity index (χ4n) is 4.46. The van der Waals surface area contributed by atoms with Crippen molar-refractivity contribution in [3.8, 4) is 0 Å². The van der Waals surface area contributed by atoms with Gasteiger partial charge in [0.1, 0.15) is 5.60 Å². The highest BCUT2D eigenvalue weighted by molar-refractivity contribution is 5.84. The highest BCUT2D eigenvalue weighted by atomic mass is 16.6. The van der Waals surface area contributed by atoms with Gasteiger partial charge in [-0.15, -0.1) is 0 Å². The van der Waals surface area contributed by atoms with Crippen molar-refractivity contribution in [2.45, 2.75) is 57.6 Å². The summed E-state index contributed by atoms with van der Waals surface area (Å²) in [6, 6.07) is 0. The molecule has 1 aliphatic carbocycles. The van der Waals surface area contributed by atoms with Crippen molar-refractivity contribution >= 4 is 12.0 Å². The van der Waals surface area contributed by atoms with Crippen molar-refractivity contribution in [3.05, 3.63) is 0 Å². The van der Waals surface area contributed by atoms with Crippen molar-refractivity contribution in [2.75, 3.05) is 26.2 Å². The van der Waals surface area contributed by atoms with Gasteiger partial charge in [-0.3, -0.25) is 9.69 Å². The van der Waals surface area contributed by atoms with Crippen molar-refractivity contribution < 1.29 is 19.4 Å². The molecule has 6 nitrogen and oxygen atoms in total. The molecular formula is C17H28N2O4. The molecule has 3 atom stereocenters. The highest BCUT2D eigenvalue weighted by Crippen LogP contribution is 2.55. The molecule has 0 bridgehead atoms. The fraction of sp³-hybridized carbons (Fsp3) is 0.882. The number of rotatable bonds is 2. The zero-order valence-corrected chi connectivity index (χ0v) is 14.4. The van der Waals surface area contributed by atoms with Crippen molar-refractivity contribution in [1.29, 1.82) is 0 Å². The van der Waals surface area contributed by atoms with E-state index < -0.39 is 17.2 Å². The van der Waals surface area contributed by atoms with Gasteiger partial charge in [0.2, 0.25) is 5.91 Å². The summed E-state index contributed by atoms with van der Waals surface area (Å²) in [6.07, 6.45) is 3.29. The standard InChI is InChI=1S/C17H28N2O4/c1-16(2,3)23-15(22)19-9-6-12-10-13(17(12,19)11-20)14(21)18-7-4-5-8-18/h12-13,20H,4-11H2,1-3H3/t12-,13+,17-/m1/s1. The number of amides is 2. The fourth-order valence-corrected chi connectivity index (χ4v) is 4.46. The molecule has 2 amide bonds. The first-order valence-electron chi connectivity index (χ1n) is 8.70. The van der Waals surface area contributed by atoms with Crippen LogP contribution in [0.25, 0.3) is 0 Å². The highest BCUT2D eigenvalue weighted by Gasteiger charge is 2.66. The Labute approximate surface area is 137 Å². The number of likely N-dealkylation sites (tertiary alicyclic amines) is 2. The van der Waals surface area contributed by atoms with Crippen LogP contribution in [0.3, 0.4) is 0 Å². The van der Waals surface area contributed by atoms with Crippen LogP contribution in [-0.2, 0) is 9.53 Å². The zero-order chi connectivity index (χ0) is 16.8. The molecule has 0 radical (unpaired) electrons. The number of nitrogens with zero attached hydrogens (tertiary/aromatic N) is 2. The van der Waals surface area contributed by atoms with Gasteiger partial charge in [-0.2, -0.15) is 0 Å². The monoisotopic (exact) mass is 324 g/mol. The summed E-state index contributed by atoms with van der Waals surface area (Å²) in [5.74, 6) is 0.0189. The number of aliphatic hydroxyl groups is 1. The molecule has 0 aromatic heterocycles. The van der Waals surface area contributed by atoms with Crippen LogP contribution in [0, 0.1) is 11.8 Å². The summed E-state index contributed by atoms with van der Waals surface area (Å²) >= 11 is 0. The van der Waals surface area contributed by atoms with Gasteiger partial charge >= 0.3 is 6.09 Å². The van der Waals surface area contributed by atoms with Crippen LogP contribution in [0.5, 0.6) is 0 Å². The first kappa shape index (κ1) is 16.6. The third-order valence-electron chi connectivity index (χ3n) is 5.62. The molecule has 23 heavy (non-hydrogen) atoms. The van der Waals surface area contributed by atoms with Gasteiger partial charge < -0.3 is 14.7 Å². The normalized spacial score (nSPS) is 33.4. The molecule has 0 aromatic rings. The Hall–Kier alpha value is -1.30. The molecule has 3 fully saturated rings. The smallest absolute Gasteiger partial charge is 0.410 e. The lowest BCUT2D eigenvalue weighted by molar-refractivity contribution is -0.156. The van der Waals surface area contributed by atoms with Crippen molar-refractivity contribution in [2.24, 2.45) is 11.8 Å². The minimum atomic E-state index is -0.748. The van der Waals surface area contributed by atoms with E-state index in [-0.39, 0.29) is 24.3 Å². The molecule has 0 aromatic carbocycles. The summed E-state index contributed by atoms with van der Waals surface area (Å²) in [6.45, 7) is 7.49. The Kier molecular flexibility index (Phi) is 4.07. The Balaban J connectivity index is 1.79. The van der Waals surface area contributed by atoms with Gasteiger partial charge in [0.15, 0.2) is 0 Å². The number of fused-ring (bicyclic) bond motifs is 1. The second-order valence-electron chi connectivity index (χ2n) is 8.09. The third kappa shape index (κ3) is 2.61. The molecule has 2 aliphatic heterocycles. The predicted molar refractivity (Wildman–Crippen MR) is 84.8 cm³/mol. The maximum absolute atomic E-state index is 12.8. The van der Waals surface area contributed by atoms with Crippen molar-refractivity contribution in [1.82, 2.24) is 9.80 Å². The van der Waals surface area contributed by atoms with E-state index >= 15 is 0 Å². The summed E-state index contributed by atoms with van der Waals surface area (Å²) in [4.78, 5) is 28.9. The number of carbonyl (C=O) groups excluding carboxylic acids is 2. The third-order valence-corrected chi connectivity index (χ3v) is 5.62. The van der Waals surface area contributed by atoms with E-state index in [1.807, 2.05) is 25.7 Å². The second-order valence-corrected chi connectivity index (χ2v) is 8.09. The van der Waals surface area contributed by atoms with Gasteiger partial charge in [0.25, 0.3) is 0 Å². The first-order valence-corrected chi connectivity index (χ1v) is 8.70. The van der Waals surface area contributed by atoms with Crippen LogP contribution in [0.1, 0.15) is 46.5 Å². The van der Waals surface area contributed by atoms with Gasteiger partial charge in [-0.1, -0.05) is 0 Å². The Morgan fingerprint density at radius 3 is 2.43 bits per heavy atom. The molecule has 0 unspecified atom stereocenters. The van der Waals surface area contributed by atoms with E-state index in [0.29, 0.717) is 6.54 Å². The average molecular weight is 324 g/mol. The summed E-state index contributed by atoms with van der Waals surface area (Å²) in [5, 5.41) is 10.1. The quantitative estimate of drug-likeness (QED) is 0.838. The minimum absolute atomic E-state index is 0.100. The van der Waals surface area contributed by atoms with E-state index in [0.717, 1.165) is 38.8 Å². The first-order chi connectivity index (χ1) is 10.8. The molecule has 3 rings (SSSR count). The lowest BCUT2D eigenvalue weighted by Gasteiger charge is -2.54. The van der Waals surface area contributed by atoms with E-state index in [9.17, 15) is 14.7 Å². The average Bonchev–Trinajstić information content (AvgIpc) is 3.04. The second kappa shape index (κ2) is 5.65. The summed E-state index contributed by atoms with van der Waals surface area (Å²) < 4.78 is 5.51. The summed E-state index contributed by atoms with van der Waals surface area (Å²) in [7, 11) is 0. The van der Waals surface area contributed by atoms with Crippen LogP contribution in [0.4, 0.5) is 4.79 Å². The maximum atomic E-state index is 12.8. The van der Waals surface area contributed by atoms with Gasteiger partial charge in [-0.25, -0.2) is 4.79 Å². The Morgan fingerprint density at radius 1 is 1.22 bits per heavy atom. The number of hydrogen-bond donors (Lipinski definition) is 1. The van der Waals surface area contributed by atoms with Crippen LogP contribution in [-0.4, -0.2) is 64.3 Å². The van der Waals surface area contributed by atoms with Crippen LogP contribution >= 0.6 is 0 Å². The Bertz CT molecular complexity index is 495. The largest absolute Gasteiger partial charge is 0.444 e. The van der Waals surface area contributed by atoms with E-state index in [1.165, 1.54) is 0 Å². The molecule has 3 aliphatic rings. The van der Waals surface area contributed by atoms with Gasteiger partial charge in [0, 0.05) is 19.6 Å². The Morgan fingerprint density at radius 2 is 1.87 bits per heavy atom. The number of aliphatic hydroxyl groups excluding tert-OH is 1. The molecular weight excluding hydrogens is 296 g/mol. The lowest BCUT2D eigenvalue weighted by atomic mass is 9.58. The van der Waals surface area contributed by atoms with Crippen LogP contribution in [0.15, 0.2) is 0 Å². The molecule has 1 N–H and O–H groups in total. The number of carbonyl (C=O) groups is 2. The molecule has 2 heterocycles.